The number of hydrogen-bond donors (Lipinski definition) is 1. The van der Waals surface area contributed by atoms with Crippen LogP contribution in [0.15, 0.2) is 42.5 Å². The third-order valence-electron chi connectivity index (χ3n) is 17.1. The molecule has 9 atom stereocenters. The van der Waals surface area contributed by atoms with Crippen LogP contribution in [-0.4, -0.2) is 76.2 Å². The maximum absolute atomic E-state index is 14.7. The Hall–Kier alpha value is -3.46. The Morgan fingerprint density at radius 3 is 2.02 bits per heavy atom. The fourth-order valence-corrected chi connectivity index (χ4v) is 14.1. The molecule has 9 heteroatoms. The highest BCUT2D eigenvalue weighted by Gasteiger charge is 2.71. The van der Waals surface area contributed by atoms with E-state index in [1.165, 1.54) is 57.3 Å². The molecule has 0 bridgehead atoms. The minimum absolute atomic E-state index is 0.0244. The average Bonchev–Trinajstić information content (AvgIpc) is 3.59. The van der Waals surface area contributed by atoms with Crippen LogP contribution in [0.1, 0.15) is 128 Å². The van der Waals surface area contributed by atoms with Gasteiger partial charge in [0.05, 0.1) is 45.1 Å². The minimum atomic E-state index is -0.422. The first-order valence-electron chi connectivity index (χ1n) is 21.6. The summed E-state index contributed by atoms with van der Waals surface area (Å²) in [6.07, 6.45) is 12.6. The molecule has 1 N–H and O–H groups in total. The standard InChI is InChI=1S/C48H70N2O7/c1-31(2)34-17-24-48(43(54)49-27-30-50(28-20-39(51)55-8)29-21-40(52)56-9)26-25-46(6)36(41(34)48)15-16-38-45(5)22-18-35(32-11-13-33(14-12-32)42(53)57-10)44(3,4)37(45)19-23-47(38,46)7/h11-14,18,34,36-38,41H,1,15-17,19-30H2,2-10H3,(H,49,54). The number of carbonyl (C=O) groups is 4. The van der Waals surface area contributed by atoms with E-state index in [0.717, 1.165) is 38.5 Å². The molecule has 5 aliphatic carbocycles. The first-order valence-corrected chi connectivity index (χ1v) is 21.6. The van der Waals surface area contributed by atoms with Crippen molar-refractivity contribution in [2.24, 2.45) is 56.7 Å². The van der Waals surface area contributed by atoms with Gasteiger partial charge in [-0.25, -0.2) is 4.79 Å². The molecule has 0 heterocycles. The summed E-state index contributed by atoms with van der Waals surface area (Å²) in [7, 11) is 4.19. The normalized spacial score (nSPS) is 35.1. The van der Waals surface area contributed by atoms with Crippen molar-refractivity contribution in [1.82, 2.24) is 10.2 Å². The summed E-state index contributed by atoms with van der Waals surface area (Å²) in [6.45, 7) is 21.4. The van der Waals surface area contributed by atoms with E-state index in [4.69, 9.17) is 14.2 Å². The molecule has 0 radical (unpaired) electrons. The maximum atomic E-state index is 14.7. The summed E-state index contributed by atoms with van der Waals surface area (Å²) in [6, 6.07) is 7.98. The van der Waals surface area contributed by atoms with E-state index in [1.807, 2.05) is 17.0 Å². The highest BCUT2D eigenvalue weighted by atomic mass is 16.5. The fourth-order valence-electron chi connectivity index (χ4n) is 14.1. The molecule has 0 aromatic heterocycles. The second-order valence-electron chi connectivity index (χ2n) is 19.7. The van der Waals surface area contributed by atoms with Crippen LogP contribution in [0.3, 0.4) is 0 Å². The molecular weight excluding hydrogens is 717 g/mol. The van der Waals surface area contributed by atoms with Gasteiger partial charge in [-0.2, -0.15) is 0 Å². The van der Waals surface area contributed by atoms with Gasteiger partial charge in [0.1, 0.15) is 0 Å². The first-order chi connectivity index (χ1) is 26.9. The van der Waals surface area contributed by atoms with Crippen molar-refractivity contribution in [3.05, 3.63) is 53.6 Å². The van der Waals surface area contributed by atoms with Crippen LogP contribution >= 0.6 is 0 Å². The Morgan fingerprint density at radius 2 is 1.42 bits per heavy atom. The number of allylic oxidation sites excluding steroid dienone is 3. The Morgan fingerprint density at radius 1 is 0.772 bits per heavy atom. The van der Waals surface area contributed by atoms with Crippen LogP contribution in [0.4, 0.5) is 0 Å². The second kappa shape index (κ2) is 16.3. The van der Waals surface area contributed by atoms with Gasteiger partial charge in [-0.1, -0.05) is 65.0 Å². The zero-order chi connectivity index (χ0) is 41.6. The van der Waals surface area contributed by atoms with Gasteiger partial charge in [-0.15, -0.1) is 0 Å². The lowest BCUT2D eigenvalue weighted by atomic mass is 9.32. The zero-order valence-corrected chi connectivity index (χ0v) is 36.4. The monoisotopic (exact) mass is 787 g/mol. The van der Waals surface area contributed by atoms with E-state index in [2.05, 4.69) is 71.6 Å². The topological polar surface area (TPSA) is 111 Å². The van der Waals surface area contributed by atoms with E-state index >= 15 is 0 Å². The number of carbonyl (C=O) groups excluding carboxylic acids is 4. The number of methoxy groups -OCH3 is 3. The number of fused-ring (bicyclic) bond motifs is 7. The average molecular weight is 787 g/mol. The van der Waals surface area contributed by atoms with Crippen molar-refractivity contribution in [3.8, 4) is 0 Å². The summed E-state index contributed by atoms with van der Waals surface area (Å²) in [5.74, 6) is 1.41. The SMILES string of the molecule is C=C(C)C1CCC2(C(=O)NCCN(CCC(=O)OC)CCC(=O)OC)CCC3(C)C(CCC4C5(C)CC=C(c6ccc(C(=O)OC)cc6)C(C)(C)C5CCC43C)C12. The lowest BCUT2D eigenvalue weighted by Crippen LogP contribution is -2.66. The highest BCUT2D eigenvalue weighted by Crippen LogP contribution is 2.77. The Bertz CT molecular complexity index is 1730. The molecule has 4 fully saturated rings. The number of benzene rings is 1. The molecule has 9 nitrogen and oxygen atoms in total. The number of rotatable bonds is 13. The number of esters is 3. The molecule has 0 aliphatic heterocycles. The predicted molar refractivity (Wildman–Crippen MR) is 223 cm³/mol. The molecule has 57 heavy (non-hydrogen) atoms. The van der Waals surface area contributed by atoms with Gasteiger partial charge >= 0.3 is 17.9 Å². The minimum Gasteiger partial charge on any atom is -0.469 e. The molecule has 6 rings (SSSR count). The molecule has 1 aromatic carbocycles. The van der Waals surface area contributed by atoms with E-state index in [1.54, 1.807) is 0 Å². The van der Waals surface area contributed by atoms with Crippen LogP contribution in [-0.2, 0) is 28.6 Å². The van der Waals surface area contributed by atoms with Crippen molar-refractivity contribution in [2.45, 2.75) is 112 Å². The van der Waals surface area contributed by atoms with Crippen LogP contribution in [0.2, 0.25) is 0 Å². The number of amides is 1. The fraction of sp³-hybridized carbons (Fsp3) is 0.708. The lowest BCUT2D eigenvalue weighted by Gasteiger charge is -2.72. The van der Waals surface area contributed by atoms with Gasteiger partial charge in [0.25, 0.3) is 0 Å². The van der Waals surface area contributed by atoms with Crippen molar-refractivity contribution in [1.29, 1.82) is 0 Å². The van der Waals surface area contributed by atoms with E-state index in [0.29, 0.717) is 55.4 Å². The van der Waals surface area contributed by atoms with Crippen LogP contribution in [0.25, 0.3) is 5.57 Å². The number of nitrogens with one attached hydrogen (secondary N) is 1. The van der Waals surface area contributed by atoms with E-state index < -0.39 is 5.41 Å². The summed E-state index contributed by atoms with van der Waals surface area (Å²) < 4.78 is 14.7. The molecule has 314 valence electrons. The largest absolute Gasteiger partial charge is 0.469 e. The lowest BCUT2D eigenvalue weighted by molar-refractivity contribution is -0.225. The van der Waals surface area contributed by atoms with Gasteiger partial charge < -0.3 is 24.4 Å². The molecule has 1 amide bonds. The highest BCUT2D eigenvalue weighted by molar-refractivity contribution is 5.90. The van der Waals surface area contributed by atoms with Crippen LogP contribution < -0.4 is 5.32 Å². The van der Waals surface area contributed by atoms with Gasteiger partial charge in [0, 0.05) is 26.2 Å². The van der Waals surface area contributed by atoms with Crippen molar-refractivity contribution >= 4 is 29.4 Å². The van der Waals surface area contributed by atoms with Gasteiger partial charge in [0.2, 0.25) is 5.91 Å². The Labute approximate surface area is 342 Å². The summed E-state index contributed by atoms with van der Waals surface area (Å²) in [5, 5.41) is 3.39. The van der Waals surface area contributed by atoms with Gasteiger partial charge in [0.15, 0.2) is 0 Å². The second-order valence-corrected chi connectivity index (χ2v) is 19.7. The van der Waals surface area contributed by atoms with Gasteiger partial charge in [-0.3, -0.25) is 14.4 Å². The third kappa shape index (κ3) is 7.31. The molecular formula is C48H70N2O7. The van der Waals surface area contributed by atoms with Crippen molar-refractivity contribution in [3.63, 3.8) is 0 Å². The molecule has 0 saturated heterocycles. The van der Waals surface area contributed by atoms with Crippen molar-refractivity contribution < 1.29 is 33.4 Å². The van der Waals surface area contributed by atoms with Crippen LogP contribution in [0, 0.1) is 56.7 Å². The van der Waals surface area contributed by atoms with Crippen molar-refractivity contribution in [2.75, 3.05) is 47.5 Å². The smallest absolute Gasteiger partial charge is 0.337 e. The van der Waals surface area contributed by atoms with Gasteiger partial charge in [-0.05, 0) is 139 Å². The van der Waals surface area contributed by atoms with Crippen LogP contribution in [0.5, 0.6) is 0 Å². The number of ether oxygens (including phenoxy) is 3. The molecule has 1 aromatic rings. The number of hydrogen-bond acceptors (Lipinski definition) is 8. The molecule has 0 spiro atoms. The third-order valence-corrected chi connectivity index (χ3v) is 17.1. The summed E-state index contributed by atoms with van der Waals surface area (Å²) in [4.78, 5) is 52.8. The Balaban J connectivity index is 1.23. The summed E-state index contributed by atoms with van der Waals surface area (Å²) in [5.41, 5.74) is 4.34. The molecule has 5 aliphatic rings. The Kier molecular flexibility index (Phi) is 12.3. The predicted octanol–water partition coefficient (Wildman–Crippen LogP) is 8.67. The van der Waals surface area contributed by atoms with E-state index in [9.17, 15) is 19.2 Å². The zero-order valence-electron chi connectivity index (χ0n) is 36.4. The number of nitrogens with zero attached hydrogens (tertiary/aromatic N) is 1. The maximum Gasteiger partial charge on any atom is 0.337 e. The summed E-state index contributed by atoms with van der Waals surface area (Å²) >= 11 is 0. The molecule has 4 saturated carbocycles. The first kappa shape index (κ1) is 43.1. The van der Waals surface area contributed by atoms with E-state index in [-0.39, 0.29) is 64.2 Å². The molecule has 9 unspecified atom stereocenters. The quantitative estimate of drug-likeness (QED) is 0.120.